The molecule has 0 amide bonds. The van der Waals surface area contributed by atoms with E-state index in [4.69, 9.17) is 17.4 Å². The van der Waals surface area contributed by atoms with Gasteiger partial charge in [-0.15, -0.1) is 18.2 Å². The lowest BCUT2D eigenvalue weighted by Gasteiger charge is -2.14. The summed E-state index contributed by atoms with van der Waals surface area (Å²) < 4.78 is 0. The Labute approximate surface area is 80.1 Å². The van der Waals surface area contributed by atoms with Gasteiger partial charge >= 0.3 is 0 Å². The van der Waals surface area contributed by atoms with Crippen molar-refractivity contribution in [3.63, 3.8) is 0 Å². The molecule has 2 nitrogen and oxygen atoms in total. The topological polar surface area (TPSA) is 38.0 Å². The van der Waals surface area contributed by atoms with E-state index in [1.54, 1.807) is 0 Å². The minimum Gasteiger partial charge on any atom is -0.271 e. The molecule has 0 aliphatic heterocycles. The van der Waals surface area contributed by atoms with E-state index in [1.807, 2.05) is 6.92 Å². The lowest BCUT2D eigenvalue weighted by atomic mass is 10.0. The fourth-order valence-electron chi connectivity index (χ4n) is 1.06. The van der Waals surface area contributed by atoms with E-state index in [9.17, 15) is 0 Å². The van der Waals surface area contributed by atoms with Crippen molar-refractivity contribution in [1.82, 2.24) is 5.43 Å². The molecule has 3 heteroatoms. The van der Waals surface area contributed by atoms with Gasteiger partial charge in [0.25, 0.3) is 0 Å². The Bertz CT molecular complexity index is 126. The number of allylic oxidation sites excluding steroid dienone is 1. The number of hydrogen-bond acceptors (Lipinski definition) is 2. The maximum atomic E-state index is 5.58. The first-order valence-corrected chi connectivity index (χ1v) is 4.90. The third kappa shape index (κ3) is 6.65. The first-order chi connectivity index (χ1) is 5.70. The Kier molecular flexibility index (Phi) is 7.56. The van der Waals surface area contributed by atoms with E-state index in [0.29, 0.717) is 11.9 Å². The zero-order valence-electron chi connectivity index (χ0n) is 7.78. The van der Waals surface area contributed by atoms with Gasteiger partial charge in [0.2, 0.25) is 0 Å². The SMILES string of the molecule is C=C(C)CCC(CCCCl)NN. The molecule has 72 valence electrons. The second kappa shape index (κ2) is 7.59. The van der Waals surface area contributed by atoms with Gasteiger partial charge in [0.05, 0.1) is 0 Å². The first-order valence-electron chi connectivity index (χ1n) is 4.37. The van der Waals surface area contributed by atoms with Crippen molar-refractivity contribution >= 4 is 11.6 Å². The van der Waals surface area contributed by atoms with Crippen LogP contribution in [0.1, 0.15) is 32.6 Å². The van der Waals surface area contributed by atoms with Gasteiger partial charge in [0.15, 0.2) is 0 Å². The van der Waals surface area contributed by atoms with Crippen LogP contribution in [0.25, 0.3) is 0 Å². The van der Waals surface area contributed by atoms with Crippen molar-refractivity contribution in [3.05, 3.63) is 12.2 Å². The van der Waals surface area contributed by atoms with Gasteiger partial charge in [-0.3, -0.25) is 11.3 Å². The summed E-state index contributed by atoms with van der Waals surface area (Å²) >= 11 is 5.58. The molecular weight excluding hydrogens is 172 g/mol. The van der Waals surface area contributed by atoms with Crippen molar-refractivity contribution in [3.8, 4) is 0 Å². The van der Waals surface area contributed by atoms with Crippen LogP contribution in [-0.2, 0) is 0 Å². The molecule has 0 saturated heterocycles. The monoisotopic (exact) mass is 190 g/mol. The Morgan fingerprint density at radius 3 is 2.67 bits per heavy atom. The van der Waals surface area contributed by atoms with Gasteiger partial charge in [0.1, 0.15) is 0 Å². The van der Waals surface area contributed by atoms with Crippen molar-refractivity contribution in [2.45, 2.75) is 38.6 Å². The molecule has 0 aliphatic carbocycles. The molecule has 0 aromatic heterocycles. The molecule has 0 bridgehead atoms. The van der Waals surface area contributed by atoms with Crippen LogP contribution in [-0.4, -0.2) is 11.9 Å². The lowest BCUT2D eigenvalue weighted by molar-refractivity contribution is 0.460. The van der Waals surface area contributed by atoms with Gasteiger partial charge < -0.3 is 0 Å². The molecule has 1 atom stereocenters. The van der Waals surface area contributed by atoms with Crippen LogP contribution in [0, 0.1) is 0 Å². The van der Waals surface area contributed by atoms with E-state index in [1.165, 1.54) is 5.57 Å². The van der Waals surface area contributed by atoms with Gasteiger partial charge in [-0.25, -0.2) is 0 Å². The first kappa shape index (κ1) is 11.9. The number of halogens is 1. The predicted molar refractivity (Wildman–Crippen MR) is 55.1 cm³/mol. The van der Waals surface area contributed by atoms with Crippen LogP contribution in [0.15, 0.2) is 12.2 Å². The highest BCUT2D eigenvalue weighted by atomic mass is 35.5. The summed E-state index contributed by atoms with van der Waals surface area (Å²) in [5, 5.41) is 0. The Morgan fingerprint density at radius 2 is 2.25 bits per heavy atom. The molecule has 0 aromatic rings. The number of nitrogens with two attached hydrogens (primary N) is 1. The Hall–Kier alpha value is -0.0500. The molecule has 0 aliphatic rings. The summed E-state index contributed by atoms with van der Waals surface area (Å²) in [7, 11) is 0. The third-order valence-corrected chi connectivity index (χ3v) is 2.11. The van der Waals surface area contributed by atoms with Crippen molar-refractivity contribution in [1.29, 1.82) is 0 Å². The lowest BCUT2D eigenvalue weighted by Crippen LogP contribution is -2.35. The van der Waals surface area contributed by atoms with Gasteiger partial charge in [-0.05, 0) is 32.6 Å². The zero-order chi connectivity index (χ0) is 9.40. The highest BCUT2D eigenvalue weighted by Crippen LogP contribution is 2.08. The highest BCUT2D eigenvalue weighted by molar-refractivity contribution is 6.17. The van der Waals surface area contributed by atoms with E-state index in [-0.39, 0.29) is 0 Å². The molecule has 0 heterocycles. The molecule has 3 N–H and O–H groups in total. The molecule has 0 rings (SSSR count). The number of hydrogen-bond donors (Lipinski definition) is 2. The Morgan fingerprint density at radius 1 is 1.58 bits per heavy atom. The van der Waals surface area contributed by atoms with E-state index < -0.39 is 0 Å². The van der Waals surface area contributed by atoms with Crippen molar-refractivity contribution in [2.75, 3.05) is 5.88 Å². The summed E-state index contributed by atoms with van der Waals surface area (Å²) in [5.74, 6) is 6.09. The van der Waals surface area contributed by atoms with Crippen LogP contribution in [0.4, 0.5) is 0 Å². The summed E-state index contributed by atoms with van der Waals surface area (Å²) in [6.45, 7) is 5.88. The molecule has 0 aromatic carbocycles. The summed E-state index contributed by atoms with van der Waals surface area (Å²) in [4.78, 5) is 0. The van der Waals surface area contributed by atoms with Crippen LogP contribution in [0.2, 0.25) is 0 Å². The average Bonchev–Trinajstić information content (AvgIpc) is 2.05. The summed E-state index contributed by atoms with van der Waals surface area (Å²) in [5.41, 5.74) is 4.00. The molecule has 0 saturated carbocycles. The van der Waals surface area contributed by atoms with Crippen LogP contribution >= 0.6 is 11.6 Å². The highest BCUT2D eigenvalue weighted by Gasteiger charge is 2.04. The van der Waals surface area contributed by atoms with E-state index in [0.717, 1.165) is 25.7 Å². The molecule has 12 heavy (non-hydrogen) atoms. The number of rotatable bonds is 7. The fraction of sp³-hybridized carbons (Fsp3) is 0.778. The molecule has 1 unspecified atom stereocenters. The quantitative estimate of drug-likeness (QED) is 0.280. The zero-order valence-corrected chi connectivity index (χ0v) is 8.53. The van der Waals surface area contributed by atoms with E-state index in [2.05, 4.69) is 12.0 Å². The minimum absolute atomic E-state index is 0.389. The van der Waals surface area contributed by atoms with Crippen molar-refractivity contribution in [2.24, 2.45) is 5.84 Å². The van der Waals surface area contributed by atoms with Gasteiger partial charge in [-0.2, -0.15) is 0 Å². The fourth-order valence-corrected chi connectivity index (χ4v) is 1.21. The maximum Gasteiger partial charge on any atom is 0.0224 e. The summed E-state index contributed by atoms with van der Waals surface area (Å²) in [6, 6.07) is 0.389. The number of alkyl halides is 1. The molecule has 0 fully saturated rings. The second-order valence-corrected chi connectivity index (χ2v) is 3.57. The maximum absolute atomic E-state index is 5.58. The van der Waals surface area contributed by atoms with Crippen LogP contribution < -0.4 is 11.3 Å². The minimum atomic E-state index is 0.389. The van der Waals surface area contributed by atoms with Crippen LogP contribution in [0.5, 0.6) is 0 Å². The summed E-state index contributed by atoms with van der Waals surface area (Å²) in [6.07, 6.45) is 4.17. The number of nitrogens with one attached hydrogen (secondary N) is 1. The number of hydrazine groups is 1. The molecule has 0 spiro atoms. The average molecular weight is 191 g/mol. The largest absolute Gasteiger partial charge is 0.271 e. The van der Waals surface area contributed by atoms with Gasteiger partial charge in [0, 0.05) is 11.9 Å². The van der Waals surface area contributed by atoms with E-state index >= 15 is 0 Å². The predicted octanol–water partition coefficient (Wildman–Crippen LogP) is 2.19. The second-order valence-electron chi connectivity index (χ2n) is 3.19. The third-order valence-electron chi connectivity index (χ3n) is 1.84. The standard InChI is InChI=1S/C9H19ClN2/c1-8(2)5-6-9(12-11)4-3-7-10/h9,12H,1,3-7,11H2,2H3. The molecular formula is C9H19ClN2. The van der Waals surface area contributed by atoms with Gasteiger partial charge in [-0.1, -0.05) is 5.57 Å². The normalized spacial score (nSPS) is 12.9. The molecule has 0 radical (unpaired) electrons. The Balaban J connectivity index is 3.45. The van der Waals surface area contributed by atoms with Crippen molar-refractivity contribution < 1.29 is 0 Å². The smallest absolute Gasteiger partial charge is 0.0224 e. The van der Waals surface area contributed by atoms with Crippen LogP contribution in [0.3, 0.4) is 0 Å².